The normalized spacial score (nSPS) is 19.0. The number of carbonyl (C=O) groups is 1. The summed E-state index contributed by atoms with van der Waals surface area (Å²) in [5.41, 5.74) is 1.04. The molecule has 1 aromatic carbocycles. The maximum Gasteiger partial charge on any atom is 0.235 e. The molecule has 1 saturated carbocycles. The van der Waals surface area contributed by atoms with Crippen LogP contribution in [0.15, 0.2) is 35.5 Å². The molecule has 0 bridgehead atoms. The van der Waals surface area contributed by atoms with Gasteiger partial charge in [-0.1, -0.05) is 30.0 Å². The van der Waals surface area contributed by atoms with E-state index in [9.17, 15) is 4.79 Å². The van der Waals surface area contributed by atoms with E-state index >= 15 is 0 Å². The first kappa shape index (κ1) is 16.6. The Labute approximate surface area is 152 Å². The molecule has 2 aliphatic rings. The lowest BCUT2D eigenvalue weighted by molar-refractivity contribution is -0.131. The van der Waals surface area contributed by atoms with Crippen LogP contribution in [-0.4, -0.2) is 43.9 Å². The number of thioether (sulfide) groups is 1. The number of piperidine rings is 1. The first-order valence-corrected chi connectivity index (χ1v) is 10.1. The van der Waals surface area contributed by atoms with Gasteiger partial charge in [-0.05, 0) is 51.2 Å². The van der Waals surface area contributed by atoms with Crippen molar-refractivity contribution in [1.29, 1.82) is 0 Å². The fraction of sp³-hybridized carbons (Fsp3) is 0.526. The molecule has 0 radical (unpaired) electrons. The molecule has 25 heavy (non-hydrogen) atoms. The van der Waals surface area contributed by atoms with Crippen molar-refractivity contribution in [1.82, 2.24) is 19.7 Å². The van der Waals surface area contributed by atoms with Crippen molar-refractivity contribution in [2.45, 2.75) is 55.4 Å². The lowest BCUT2D eigenvalue weighted by Crippen LogP contribution is -2.40. The second kappa shape index (κ2) is 7.20. The number of likely N-dealkylation sites (tertiary alicyclic amines) is 1. The van der Waals surface area contributed by atoms with E-state index in [0.29, 0.717) is 11.1 Å². The van der Waals surface area contributed by atoms with Crippen LogP contribution in [0.3, 0.4) is 0 Å². The first-order valence-electron chi connectivity index (χ1n) is 9.20. The van der Waals surface area contributed by atoms with Crippen LogP contribution in [0.4, 0.5) is 0 Å². The Morgan fingerprint density at radius 2 is 1.88 bits per heavy atom. The average Bonchev–Trinajstić information content (AvgIpc) is 3.43. The van der Waals surface area contributed by atoms with Crippen LogP contribution in [-0.2, 0) is 4.79 Å². The fourth-order valence-corrected chi connectivity index (χ4v) is 4.14. The van der Waals surface area contributed by atoms with Gasteiger partial charge in [-0.15, -0.1) is 5.10 Å². The van der Waals surface area contributed by atoms with Gasteiger partial charge >= 0.3 is 0 Å². The molecule has 1 aliphatic heterocycles. The Morgan fingerprint density at radius 3 is 2.56 bits per heavy atom. The van der Waals surface area contributed by atoms with Gasteiger partial charge in [0.25, 0.3) is 0 Å². The van der Waals surface area contributed by atoms with E-state index in [-0.39, 0.29) is 11.2 Å². The third-order valence-corrected chi connectivity index (χ3v) is 5.79. The zero-order valence-electron chi connectivity index (χ0n) is 14.6. The summed E-state index contributed by atoms with van der Waals surface area (Å²) in [4.78, 5) is 19.4. The molecule has 132 valence electrons. The smallest absolute Gasteiger partial charge is 0.235 e. The molecule has 1 atom stereocenters. The lowest BCUT2D eigenvalue weighted by atomic mass is 10.1. The molecule has 0 N–H and O–H groups in total. The monoisotopic (exact) mass is 356 g/mol. The number of aromatic nitrogens is 3. The SMILES string of the molecule is C[C@H](Sc1nc(C2CC2)n(-c2ccccc2)n1)C(=O)N1CCCCC1. The molecule has 0 spiro atoms. The quantitative estimate of drug-likeness (QED) is 0.768. The van der Waals surface area contributed by atoms with Crippen molar-refractivity contribution < 1.29 is 4.79 Å². The highest BCUT2D eigenvalue weighted by Gasteiger charge is 2.31. The van der Waals surface area contributed by atoms with Gasteiger partial charge in [-0.3, -0.25) is 4.79 Å². The third-order valence-electron chi connectivity index (χ3n) is 4.85. The van der Waals surface area contributed by atoms with Gasteiger partial charge < -0.3 is 4.90 Å². The molecule has 2 fully saturated rings. The van der Waals surface area contributed by atoms with Crippen LogP contribution >= 0.6 is 11.8 Å². The minimum Gasteiger partial charge on any atom is -0.342 e. The summed E-state index contributed by atoms with van der Waals surface area (Å²) in [7, 11) is 0. The number of benzene rings is 1. The predicted molar refractivity (Wildman–Crippen MR) is 99.1 cm³/mol. The number of carbonyl (C=O) groups excluding carboxylic acids is 1. The molecular weight excluding hydrogens is 332 g/mol. The Morgan fingerprint density at radius 1 is 1.16 bits per heavy atom. The van der Waals surface area contributed by atoms with Crippen molar-refractivity contribution in [3.05, 3.63) is 36.2 Å². The van der Waals surface area contributed by atoms with Gasteiger partial charge in [0, 0.05) is 19.0 Å². The molecule has 5 nitrogen and oxygen atoms in total. The Bertz CT molecular complexity index is 735. The molecule has 1 aromatic heterocycles. The Kier molecular flexibility index (Phi) is 4.79. The van der Waals surface area contributed by atoms with Crippen molar-refractivity contribution in [2.75, 3.05) is 13.1 Å². The Hall–Kier alpha value is -1.82. The maximum absolute atomic E-state index is 12.7. The van der Waals surface area contributed by atoms with Crippen LogP contribution in [0.1, 0.15) is 50.8 Å². The van der Waals surface area contributed by atoms with Crippen LogP contribution in [0.2, 0.25) is 0 Å². The lowest BCUT2D eigenvalue weighted by Gasteiger charge is -2.28. The summed E-state index contributed by atoms with van der Waals surface area (Å²) in [6.45, 7) is 3.76. The molecule has 0 unspecified atom stereocenters. The molecule has 6 heteroatoms. The van der Waals surface area contributed by atoms with Crippen LogP contribution in [0.5, 0.6) is 0 Å². The molecule has 4 rings (SSSR count). The van der Waals surface area contributed by atoms with E-state index in [1.807, 2.05) is 34.7 Å². The minimum absolute atomic E-state index is 0.142. The van der Waals surface area contributed by atoms with Gasteiger partial charge in [0.05, 0.1) is 10.9 Å². The zero-order chi connectivity index (χ0) is 17.2. The van der Waals surface area contributed by atoms with E-state index in [1.165, 1.54) is 31.0 Å². The van der Waals surface area contributed by atoms with E-state index in [1.54, 1.807) is 0 Å². The summed E-state index contributed by atoms with van der Waals surface area (Å²) >= 11 is 1.49. The summed E-state index contributed by atoms with van der Waals surface area (Å²) in [6.07, 6.45) is 5.83. The first-order chi connectivity index (χ1) is 12.2. The number of hydrogen-bond acceptors (Lipinski definition) is 4. The molecule has 2 aromatic rings. The summed E-state index contributed by atoms with van der Waals surface area (Å²) in [6, 6.07) is 10.1. The number of amides is 1. The van der Waals surface area contributed by atoms with Crippen molar-refractivity contribution >= 4 is 17.7 Å². The van der Waals surface area contributed by atoms with Gasteiger partial charge in [-0.25, -0.2) is 9.67 Å². The number of rotatable bonds is 5. The molecule has 1 saturated heterocycles. The predicted octanol–water partition coefficient (Wildman–Crippen LogP) is 3.64. The zero-order valence-corrected chi connectivity index (χ0v) is 15.4. The highest BCUT2D eigenvalue weighted by Crippen LogP contribution is 2.40. The Balaban J connectivity index is 1.51. The van der Waals surface area contributed by atoms with Crippen molar-refractivity contribution in [2.24, 2.45) is 0 Å². The number of para-hydroxylation sites is 1. The van der Waals surface area contributed by atoms with Crippen molar-refractivity contribution in [3.63, 3.8) is 0 Å². The van der Waals surface area contributed by atoms with E-state index in [4.69, 9.17) is 10.1 Å². The van der Waals surface area contributed by atoms with E-state index < -0.39 is 0 Å². The minimum atomic E-state index is -0.142. The van der Waals surface area contributed by atoms with Crippen LogP contribution < -0.4 is 0 Å². The summed E-state index contributed by atoms with van der Waals surface area (Å²) in [5.74, 6) is 1.76. The number of nitrogens with zero attached hydrogens (tertiary/aromatic N) is 4. The molecule has 2 heterocycles. The van der Waals surface area contributed by atoms with E-state index in [2.05, 4.69) is 12.1 Å². The average molecular weight is 356 g/mol. The summed E-state index contributed by atoms with van der Waals surface area (Å²) in [5, 5.41) is 5.28. The molecule has 1 amide bonds. The standard InChI is InChI=1S/C19H24N4OS/c1-14(18(24)22-12-6-3-7-13-22)25-19-20-17(15-10-11-15)23(21-19)16-8-4-2-5-9-16/h2,4-5,8-9,14-15H,3,6-7,10-13H2,1H3/t14-/m0/s1. The topological polar surface area (TPSA) is 51.0 Å². The molecule has 1 aliphatic carbocycles. The van der Waals surface area contributed by atoms with Crippen LogP contribution in [0, 0.1) is 0 Å². The van der Waals surface area contributed by atoms with Gasteiger partial charge in [-0.2, -0.15) is 0 Å². The second-order valence-electron chi connectivity index (χ2n) is 6.92. The molecular formula is C19H24N4OS. The van der Waals surface area contributed by atoms with Gasteiger partial charge in [0.15, 0.2) is 0 Å². The summed E-state index contributed by atoms with van der Waals surface area (Å²) < 4.78 is 1.96. The fourth-order valence-electron chi connectivity index (χ4n) is 3.30. The van der Waals surface area contributed by atoms with Gasteiger partial charge in [0.1, 0.15) is 5.82 Å². The maximum atomic E-state index is 12.7. The van der Waals surface area contributed by atoms with E-state index in [0.717, 1.165) is 37.4 Å². The number of hydrogen-bond donors (Lipinski definition) is 0. The highest BCUT2D eigenvalue weighted by molar-refractivity contribution is 8.00. The highest BCUT2D eigenvalue weighted by atomic mass is 32.2. The van der Waals surface area contributed by atoms with Crippen molar-refractivity contribution in [3.8, 4) is 5.69 Å². The largest absolute Gasteiger partial charge is 0.342 e. The van der Waals surface area contributed by atoms with Crippen LogP contribution in [0.25, 0.3) is 5.69 Å². The second-order valence-corrected chi connectivity index (χ2v) is 8.23. The van der Waals surface area contributed by atoms with Gasteiger partial charge in [0.2, 0.25) is 11.1 Å². The third kappa shape index (κ3) is 3.73.